The number of benzene rings is 2. The van der Waals surface area contributed by atoms with Gasteiger partial charge in [0.25, 0.3) is 0 Å². The van der Waals surface area contributed by atoms with E-state index in [1.165, 1.54) is 5.56 Å². The number of carbonyl (C=O) groups is 2. The van der Waals surface area contributed by atoms with E-state index in [2.05, 4.69) is 40.3 Å². The van der Waals surface area contributed by atoms with Crippen molar-refractivity contribution in [1.29, 1.82) is 0 Å². The van der Waals surface area contributed by atoms with Crippen molar-refractivity contribution < 1.29 is 9.59 Å². The smallest absolute Gasteiger partial charge is 0.242 e. The van der Waals surface area contributed by atoms with Crippen LogP contribution in [0.15, 0.2) is 59.1 Å². The van der Waals surface area contributed by atoms with Crippen LogP contribution in [0.3, 0.4) is 0 Å². The minimum Gasteiger partial charge on any atom is -0.354 e. The first-order valence-corrected chi connectivity index (χ1v) is 11.9. The Bertz CT molecular complexity index is 785. The molecule has 0 aliphatic carbocycles. The van der Waals surface area contributed by atoms with E-state index >= 15 is 0 Å². The summed E-state index contributed by atoms with van der Waals surface area (Å²) in [6.07, 6.45) is 1.95. The fourth-order valence-corrected chi connectivity index (χ4v) is 4.18. The summed E-state index contributed by atoms with van der Waals surface area (Å²) >= 11 is 5.05. The monoisotopic (exact) mass is 476 g/mol. The highest BCUT2D eigenvalue weighted by Crippen LogP contribution is 2.18. The van der Waals surface area contributed by atoms with Crippen LogP contribution >= 0.6 is 27.7 Å². The predicted octanol–water partition coefficient (Wildman–Crippen LogP) is 5.02. The molecule has 1 N–H and O–H groups in total. The van der Waals surface area contributed by atoms with Crippen LogP contribution in [0, 0.1) is 0 Å². The van der Waals surface area contributed by atoms with Gasteiger partial charge in [-0.25, -0.2) is 0 Å². The molecular formula is C23H29BrN2O2S. The Morgan fingerprint density at radius 2 is 1.83 bits per heavy atom. The summed E-state index contributed by atoms with van der Waals surface area (Å²) in [5, 5.41) is 2.95. The van der Waals surface area contributed by atoms with Gasteiger partial charge in [-0.2, -0.15) is 0 Å². The minimum atomic E-state index is -0.518. The molecule has 2 aromatic rings. The topological polar surface area (TPSA) is 49.4 Å². The normalized spacial score (nSPS) is 11.7. The number of hydrogen-bond donors (Lipinski definition) is 1. The summed E-state index contributed by atoms with van der Waals surface area (Å²) in [6, 6.07) is 17.4. The Balaban J connectivity index is 2.03. The molecule has 0 saturated carbocycles. The fraction of sp³-hybridized carbons (Fsp3) is 0.391. The first-order valence-electron chi connectivity index (χ1n) is 9.94. The number of unbranched alkanes of at least 4 members (excludes halogenated alkanes) is 1. The molecule has 0 unspecified atom stereocenters. The number of carbonyl (C=O) groups excluding carboxylic acids is 2. The van der Waals surface area contributed by atoms with Gasteiger partial charge in [0, 0.05) is 23.3 Å². The standard InChI is InChI=1S/C23H29BrN2O2S/c1-3-4-13-25-23(28)18(2)26(15-20-11-8-12-21(24)14-20)22(27)17-29-16-19-9-6-5-7-10-19/h5-12,14,18H,3-4,13,15-17H2,1-2H3,(H,25,28)/t18-/m1/s1. The zero-order chi connectivity index (χ0) is 21.1. The average Bonchev–Trinajstić information content (AvgIpc) is 2.72. The molecule has 6 heteroatoms. The van der Waals surface area contributed by atoms with E-state index in [-0.39, 0.29) is 11.8 Å². The third-order valence-electron chi connectivity index (χ3n) is 4.58. The Kier molecular flexibility index (Phi) is 10.3. The largest absolute Gasteiger partial charge is 0.354 e. The molecule has 156 valence electrons. The third-order valence-corrected chi connectivity index (χ3v) is 6.06. The predicted molar refractivity (Wildman–Crippen MR) is 125 cm³/mol. The van der Waals surface area contributed by atoms with Crippen LogP contribution in [-0.2, 0) is 21.9 Å². The van der Waals surface area contributed by atoms with Crippen molar-refractivity contribution >= 4 is 39.5 Å². The average molecular weight is 477 g/mol. The van der Waals surface area contributed by atoms with Gasteiger partial charge in [-0.05, 0) is 36.6 Å². The maximum Gasteiger partial charge on any atom is 0.242 e. The van der Waals surface area contributed by atoms with Gasteiger partial charge in [0.15, 0.2) is 0 Å². The molecule has 0 spiro atoms. The number of nitrogens with one attached hydrogen (secondary N) is 1. The SMILES string of the molecule is CCCCNC(=O)[C@@H](C)N(Cc1cccc(Br)c1)C(=O)CSCc1ccccc1. The van der Waals surface area contributed by atoms with Crippen LogP contribution in [0.2, 0.25) is 0 Å². The number of nitrogens with zero attached hydrogens (tertiary/aromatic N) is 1. The molecule has 1 atom stereocenters. The maximum absolute atomic E-state index is 13.0. The first-order chi connectivity index (χ1) is 14.0. The Morgan fingerprint density at radius 3 is 2.52 bits per heavy atom. The Morgan fingerprint density at radius 1 is 1.10 bits per heavy atom. The van der Waals surface area contributed by atoms with Crippen molar-refractivity contribution in [2.75, 3.05) is 12.3 Å². The van der Waals surface area contributed by atoms with Crippen LogP contribution in [-0.4, -0.2) is 35.1 Å². The molecular weight excluding hydrogens is 448 g/mol. The quantitative estimate of drug-likeness (QED) is 0.463. The highest BCUT2D eigenvalue weighted by molar-refractivity contribution is 9.10. The zero-order valence-electron chi connectivity index (χ0n) is 17.1. The Labute approximate surface area is 186 Å². The highest BCUT2D eigenvalue weighted by Gasteiger charge is 2.25. The van der Waals surface area contributed by atoms with Gasteiger partial charge in [0.2, 0.25) is 11.8 Å². The molecule has 0 aliphatic heterocycles. The number of amides is 2. The van der Waals surface area contributed by atoms with Crippen LogP contribution in [0.4, 0.5) is 0 Å². The van der Waals surface area contributed by atoms with Gasteiger partial charge >= 0.3 is 0 Å². The van der Waals surface area contributed by atoms with Crippen molar-refractivity contribution in [3.05, 3.63) is 70.2 Å². The Hall–Kier alpha value is -1.79. The molecule has 4 nitrogen and oxygen atoms in total. The molecule has 0 fully saturated rings. The van der Waals surface area contributed by atoms with Crippen LogP contribution in [0.1, 0.15) is 37.8 Å². The molecule has 0 heterocycles. The lowest BCUT2D eigenvalue weighted by molar-refractivity contribution is -0.138. The van der Waals surface area contributed by atoms with Gasteiger partial charge in [-0.3, -0.25) is 9.59 Å². The molecule has 2 aromatic carbocycles. The summed E-state index contributed by atoms with van der Waals surface area (Å²) in [5.41, 5.74) is 2.18. The van der Waals surface area contributed by atoms with E-state index in [0.717, 1.165) is 28.6 Å². The van der Waals surface area contributed by atoms with E-state index in [0.29, 0.717) is 18.8 Å². The van der Waals surface area contributed by atoms with Crippen LogP contribution in [0.5, 0.6) is 0 Å². The summed E-state index contributed by atoms with van der Waals surface area (Å²) in [6.45, 7) is 4.94. The van der Waals surface area contributed by atoms with E-state index in [1.54, 1.807) is 23.6 Å². The summed E-state index contributed by atoms with van der Waals surface area (Å²) in [7, 11) is 0. The van der Waals surface area contributed by atoms with E-state index in [9.17, 15) is 9.59 Å². The number of hydrogen-bond acceptors (Lipinski definition) is 3. The van der Waals surface area contributed by atoms with E-state index in [4.69, 9.17) is 0 Å². The maximum atomic E-state index is 13.0. The van der Waals surface area contributed by atoms with Gasteiger partial charge < -0.3 is 10.2 Å². The lowest BCUT2D eigenvalue weighted by Crippen LogP contribution is -2.48. The molecule has 0 radical (unpaired) electrons. The second-order valence-corrected chi connectivity index (χ2v) is 8.85. The number of halogens is 1. The third kappa shape index (κ3) is 8.23. The summed E-state index contributed by atoms with van der Waals surface area (Å²) in [5.74, 6) is 0.989. The van der Waals surface area contributed by atoms with Gasteiger partial charge in [-0.15, -0.1) is 11.8 Å². The van der Waals surface area contributed by atoms with Gasteiger partial charge in [0.05, 0.1) is 5.75 Å². The molecule has 0 aliphatic rings. The van der Waals surface area contributed by atoms with Crippen molar-refractivity contribution in [2.45, 2.75) is 45.0 Å². The van der Waals surface area contributed by atoms with Crippen molar-refractivity contribution in [3.8, 4) is 0 Å². The fourth-order valence-electron chi connectivity index (χ4n) is 2.86. The number of thioether (sulfide) groups is 1. The van der Waals surface area contributed by atoms with Gasteiger partial charge in [0.1, 0.15) is 6.04 Å². The first kappa shape index (κ1) is 23.5. The molecule has 29 heavy (non-hydrogen) atoms. The molecule has 0 bridgehead atoms. The minimum absolute atomic E-state index is 0.0240. The summed E-state index contributed by atoms with van der Waals surface area (Å²) in [4.78, 5) is 27.3. The van der Waals surface area contributed by atoms with Gasteiger partial charge in [-0.1, -0.05) is 71.7 Å². The second kappa shape index (κ2) is 12.7. The zero-order valence-corrected chi connectivity index (χ0v) is 19.5. The highest BCUT2D eigenvalue weighted by atomic mass is 79.9. The second-order valence-electron chi connectivity index (χ2n) is 6.95. The molecule has 2 rings (SSSR count). The lowest BCUT2D eigenvalue weighted by atomic mass is 10.1. The van der Waals surface area contributed by atoms with Crippen molar-refractivity contribution in [2.24, 2.45) is 0 Å². The van der Waals surface area contributed by atoms with E-state index < -0.39 is 6.04 Å². The molecule has 0 saturated heterocycles. The van der Waals surface area contributed by atoms with Crippen molar-refractivity contribution in [1.82, 2.24) is 10.2 Å². The lowest BCUT2D eigenvalue weighted by Gasteiger charge is -2.29. The number of rotatable bonds is 11. The molecule has 2 amide bonds. The van der Waals surface area contributed by atoms with Crippen molar-refractivity contribution in [3.63, 3.8) is 0 Å². The van der Waals surface area contributed by atoms with E-state index in [1.807, 2.05) is 42.5 Å². The molecule has 0 aromatic heterocycles. The summed E-state index contributed by atoms with van der Waals surface area (Å²) < 4.78 is 0.959. The van der Waals surface area contributed by atoms with Crippen LogP contribution < -0.4 is 5.32 Å². The van der Waals surface area contributed by atoms with Crippen LogP contribution in [0.25, 0.3) is 0 Å².